The second-order valence-corrected chi connectivity index (χ2v) is 6.01. The van der Waals surface area contributed by atoms with Gasteiger partial charge in [-0.3, -0.25) is 9.59 Å². The number of amides is 1. The van der Waals surface area contributed by atoms with E-state index < -0.39 is 5.97 Å². The molecule has 1 N–H and O–H groups in total. The first-order valence-electron chi connectivity index (χ1n) is 7.51. The summed E-state index contributed by atoms with van der Waals surface area (Å²) in [5.41, 5.74) is 0. The van der Waals surface area contributed by atoms with Gasteiger partial charge in [-0.2, -0.15) is 0 Å². The van der Waals surface area contributed by atoms with Crippen molar-refractivity contribution >= 4 is 11.9 Å². The Labute approximate surface area is 116 Å². The van der Waals surface area contributed by atoms with Gasteiger partial charge >= 0.3 is 5.97 Å². The Morgan fingerprint density at radius 3 is 2.63 bits per heavy atom. The lowest BCUT2D eigenvalue weighted by Gasteiger charge is -2.30. The molecule has 1 atom stereocenters. The molecule has 0 aliphatic carbocycles. The first-order valence-corrected chi connectivity index (χ1v) is 7.51. The Morgan fingerprint density at radius 2 is 2.00 bits per heavy atom. The monoisotopic (exact) mass is 269 g/mol. The third-order valence-corrected chi connectivity index (χ3v) is 3.81. The van der Waals surface area contributed by atoms with E-state index >= 15 is 0 Å². The molecule has 0 spiro atoms. The molecule has 0 radical (unpaired) electrons. The summed E-state index contributed by atoms with van der Waals surface area (Å²) in [6, 6.07) is 0. The van der Waals surface area contributed by atoms with Gasteiger partial charge < -0.3 is 10.0 Å². The molecule has 4 heteroatoms. The molecule has 1 aliphatic rings. The zero-order chi connectivity index (χ0) is 14.3. The van der Waals surface area contributed by atoms with E-state index in [0.717, 1.165) is 25.3 Å². The largest absolute Gasteiger partial charge is 0.481 e. The van der Waals surface area contributed by atoms with Gasteiger partial charge in [0.1, 0.15) is 0 Å². The lowest BCUT2D eigenvalue weighted by molar-refractivity contribution is -0.147. The number of rotatable bonds is 8. The maximum Gasteiger partial charge on any atom is 0.308 e. The first kappa shape index (κ1) is 16.0. The predicted molar refractivity (Wildman–Crippen MR) is 74.9 cm³/mol. The molecule has 1 heterocycles. The van der Waals surface area contributed by atoms with Gasteiger partial charge in [0.2, 0.25) is 5.91 Å². The fourth-order valence-corrected chi connectivity index (χ4v) is 2.54. The van der Waals surface area contributed by atoms with Crippen LogP contribution in [0, 0.1) is 11.8 Å². The van der Waals surface area contributed by atoms with E-state index in [1.807, 2.05) is 0 Å². The number of aliphatic carboxylic acids is 1. The number of piperidine rings is 1. The molecule has 0 bridgehead atoms. The van der Waals surface area contributed by atoms with E-state index in [1.54, 1.807) is 4.90 Å². The number of likely N-dealkylation sites (tertiary alicyclic amines) is 1. The van der Waals surface area contributed by atoms with Crippen LogP contribution in [0.3, 0.4) is 0 Å². The average molecular weight is 269 g/mol. The topological polar surface area (TPSA) is 57.6 Å². The van der Waals surface area contributed by atoms with Crippen molar-refractivity contribution in [1.82, 2.24) is 4.90 Å². The standard InChI is InChI=1S/C15H27NO3/c1-12(2)7-5-3-4-6-10-16-11-13(15(18)19)8-9-14(16)17/h12-13H,3-11H2,1-2H3,(H,18,19). The van der Waals surface area contributed by atoms with Gasteiger partial charge in [-0.25, -0.2) is 0 Å². The van der Waals surface area contributed by atoms with Crippen LogP contribution in [0.1, 0.15) is 58.8 Å². The Kier molecular flexibility index (Phi) is 6.89. The molecule has 1 saturated heterocycles. The minimum atomic E-state index is -0.769. The number of nitrogens with zero attached hydrogens (tertiary/aromatic N) is 1. The van der Waals surface area contributed by atoms with E-state index in [-0.39, 0.29) is 11.8 Å². The van der Waals surface area contributed by atoms with Crippen molar-refractivity contribution < 1.29 is 14.7 Å². The molecule has 19 heavy (non-hydrogen) atoms. The number of carbonyl (C=O) groups is 2. The van der Waals surface area contributed by atoms with E-state index in [1.165, 1.54) is 19.3 Å². The SMILES string of the molecule is CC(C)CCCCCCN1CC(C(=O)O)CCC1=O. The molecule has 1 aliphatic heterocycles. The highest BCUT2D eigenvalue weighted by molar-refractivity contribution is 5.80. The molecule has 1 amide bonds. The highest BCUT2D eigenvalue weighted by Crippen LogP contribution is 2.18. The molecule has 1 fully saturated rings. The van der Waals surface area contributed by atoms with Crippen molar-refractivity contribution in [3.8, 4) is 0 Å². The van der Waals surface area contributed by atoms with E-state index in [0.29, 0.717) is 19.4 Å². The highest BCUT2D eigenvalue weighted by Gasteiger charge is 2.29. The highest BCUT2D eigenvalue weighted by atomic mass is 16.4. The average Bonchev–Trinajstić information content (AvgIpc) is 2.34. The van der Waals surface area contributed by atoms with Gasteiger partial charge in [0, 0.05) is 19.5 Å². The number of carboxylic acid groups (broad SMARTS) is 1. The van der Waals surface area contributed by atoms with E-state index in [2.05, 4.69) is 13.8 Å². The van der Waals surface area contributed by atoms with Crippen LogP contribution in [0.4, 0.5) is 0 Å². The zero-order valence-electron chi connectivity index (χ0n) is 12.2. The Bertz CT molecular complexity index is 302. The smallest absolute Gasteiger partial charge is 0.308 e. The summed E-state index contributed by atoms with van der Waals surface area (Å²) < 4.78 is 0. The first-order chi connectivity index (χ1) is 9.00. The van der Waals surface area contributed by atoms with Crippen molar-refractivity contribution in [1.29, 1.82) is 0 Å². The normalized spacial score (nSPS) is 20.1. The second-order valence-electron chi connectivity index (χ2n) is 6.01. The summed E-state index contributed by atoms with van der Waals surface area (Å²) in [6.45, 7) is 5.60. The van der Waals surface area contributed by atoms with Crippen LogP contribution in [-0.4, -0.2) is 35.0 Å². The molecule has 0 aromatic carbocycles. The molecule has 0 aromatic heterocycles. The van der Waals surface area contributed by atoms with Gasteiger partial charge in [0.15, 0.2) is 0 Å². The second kappa shape index (κ2) is 8.18. The molecule has 0 saturated carbocycles. The van der Waals surface area contributed by atoms with Gasteiger partial charge in [-0.15, -0.1) is 0 Å². The van der Waals surface area contributed by atoms with Crippen LogP contribution >= 0.6 is 0 Å². The molecule has 4 nitrogen and oxygen atoms in total. The summed E-state index contributed by atoms with van der Waals surface area (Å²) in [4.78, 5) is 24.4. The van der Waals surface area contributed by atoms with Crippen molar-refractivity contribution in [2.45, 2.75) is 58.8 Å². The van der Waals surface area contributed by atoms with Crippen molar-refractivity contribution in [2.75, 3.05) is 13.1 Å². The maximum absolute atomic E-state index is 11.7. The maximum atomic E-state index is 11.7. The van der Waals surface area contributed by atoms with Gasteiger partial charge in [0.25, 0.3) is 0 Å². The third-order valence-electron chi connectivity index (χ3n) is 3.81. The summed E-state index contributed by atoms with van der Waals surface area (Å²) in [6.07, 6.45) is 6.75. The lowest BCUT2D eigenvalue weighted by atomic mass is 9.97. The van der Waals surface area contributed by atoms with Crippen molar-refractivity contribution in [2.24, 2.45) is 11.8 Å². The predicted octanol–water partition coefficient (Wildman–Crippen LogP) is 2.92. The lowest BCUT2D eigenvalue weighted by Crippen LogP contribution is -2.42. The minimum absolute atomic E-state index is 0.125. The van der Waals surface area contributed by atoms with E-state index in [4.69, 9.17) is 5.11 Å². The van der Waals surface area contributed by atoms with Crippen LogP contribution in [0.5, 0.6) is 0 Å². The zero-order valence-corrected chi connectivity index (χ0v) is 12.2. The van der Waals surface area contributed by atoms with Crippen LogP contribution in [0.2, 0.25) is 0 Å². The van der Waals surface area contributed by atoms with Crippen molar-refractivity contribution in [3.63, 3.8) is 0 Å². The van der Waals surface area contributed by atoms with Gasteiger partial charge in [0.05, 0.1) is 5.92 Å². The third kappa shape index (κ3) is 6.08. The number of hydrogen-bond acceptors (Lipinski definition) is 2. The summed E-state index contributed by atoms with van der Waals surface area (Å²) >= 11 is 0. The molecule has 1 unspecified atom stereocenters. The van der Waals surface area contributed by atoms with Crippen LogP contribution in [0.25, 0.3) is 0 Å². The van der Waals surface area contributed by atoms with Gasteiger partial charge in [-0.05, 0) is 18.8 Å². The fraction of sp³-hybridized carbons (Fsp3) is 0.867. The quantitative estimate of drug-likeness (QED) is 0.689. The summed E-state index contributed by atoms with van der Waals surface area (Å²) in [5.74, 6) is -0.243. The number of carbonyl (C=O) groups excluding carboxylic acids is 1. The molecular weight excluding hydrogens is 242 g/mol. The Balaban J connectivity index is 2.16. The van der Waals surface area contributed by atoms with Gasteiger partial charge in [-0.1, -0.05) is 39.5 Å². The van der Waals surface area contributed by atoms with E-state index in [9.17, 15) is 9.59 Å². The fourth-order valence-electron chi connectivity index (χ4n) is 2.54. The molecular formula is C15H27NO3. The molecule has 110 valence electrons. The van der Waals surface area contributed by atoms with Crippen LogP contribution < -0.4 is 0 Å². The van der Waals surface area contributed by atoms with Crippen LogP contribution in [0.15, 0.2) is 0 Å². The summed E-state index contributed by atoms with van der Waals surface area (Å²) in [5, 5.41) is 9.00. The number of carboxylic acids is 1. The summed E-state index contributed by atoms with van der Waals surface area (Å²) in [7, 11) is 0. The molecule has 0 aromatic rings. The Morgan fingerprint density at radius 1 is 1.32 bits per heavy atom. The minimum Gasteiger partial charge on any atom is -0.481 e. The number of unbranched alkanes of at least 4 members (excludes halogenated alkanes) is 3. The molecule has 1 rings (SSSR count). The van der Waals surface area contributed by atoms with Crippen LogP contribution in [-0.2, 0) is 9.59 Å². The van der Waals surface area contributed by atoms with Crippen molar-refractivity contribution in [3.05, 3.63) is 0 Å². The number of hydrogen-bond donors (Lipinski definition) is 1. The Hall–Kier alpha value is -1.06.